The highest BCUT2D eigenvalue weighted by molar-refractivity contribution is 5.43. The molecule has 0 bridgehead atoms. The lowest BCUT2D eigenvalue weighted by Gasteiger charge is -2.05. The van der Waals surface area contributed by atoms with Crippen LogP contribution in [-0.4, -0.2) is 13.2 Å². The third-order valence-corrected chi connectivity index (χ3v) is 2.46. The monoisotopic (exact) mass is 178 g/mol. The average Bonchev–Trinajstić information content (AvgIpc) is 2.58. The molecule has 1 unspecified atom stereocenters. The van der Waals surface area contributed by atoms with Crippen LogP contribution in [0.5, 0.6) is 11.5 Å². The summed E-state index contributed by atoms with van der Waals surface area (Å²) in [6.07, 6.45) is 2.45. The second-order valence-corrected chi connectivity index (χ2v) is 3.33. The van der Waals surface area contributed by atoms with Crippen molar-refractivity contribution < 1.29 is 9.47 Å². The first-order chi connectivity index (χ1) is 6.33. The van der Waals surface area contributed by atoms with Crippen LogP contribution in [0.3, 0.4) is 0 Å². The molecule has 0 spiro atoms. The van der Waals surface area contributed by atoms with Gasteiger partial charge in [-0.05, 0) is 24.6 Å². The van der Waals surface area contributed by atoms with Gasteiger partial charge in [0, 0.05) is 12.0 Å². The quantitative estimate of drug-likeness (QED) is 0.692. The van der Waals surface area contributed by atoms with Gasteiger partial charge in [0.05, 0.1) is 7.11 Å². The van der Waals surface area contributed by atoms with Crippen LogP contribution in [-0.2, 0) is 6.42 Å². The highest BCUT2D eigenvalue weighted by atomic mass is 16.5. The molecule has 13 heavy (non-hydrogen) atoms. The number of hydrogen-bond donors (Lipinski definition) is 0. The van der Waals surface area contributed by atoms with Gasteiger partial charge in [0.2, 0.25) is 0 Å². The van der Waals surface area contributed by atoms with Crippen LogP contribution >= 0.6 is 0 Å². The molecule has 0 aliphatic carbocycles. The van der Waals surface area contributed by atoms with Gasteiger partial charge in [0.1, 0.15) is 17.6 Å². The normalized spacial score (nSPS) is 19.4. The maximum absolute atomic E-state index is 5.70. The summed E-state index contributed by atoms with van der Waals surface area (Å²) in [7, 11) is 1.69. The van der Waals surface area contributed by atoms with Crippen molar-refractivity contribution in [3.63, 3.8) is 0 Å². The predicted molar refractivity (Wildman–Crippen MR) is 51.4 cm³/mol. The summed E-state index contributed by atoms with van der Waals surface area (Å²) < 4.78 is 10.9. The summed E-state index contributed by atoms with van der Waals surface area (Å²) in [6, 6.07) is 5.99. The zero-order chi connectivity index (χ0) is 9.26. The van der Waals surface area contributed by atoms with Crippen molar-refractivity contribution >= 4 is 0 Å². The van der Waals surface area contributed by atoms with Crippen LogP contribution in [0.4, 0.5) is 0 Å². The van der Waals surface area contributed by atoms with Gasteiger partial charge in [-0.3, -0.25) is 0 Å². The fourth-order valence-corrected chi connectivity index (χ4v) is 1.65. The van der Waals surface area contributed by atoms with Crippen molar-refractivity contribution in [1.29, 1.82) is 0 Å². The summed E-state index contributed by atoms with van der Waals surface area (Å²) in [5, 5.41) is 0. The minimum Gasteiger partial charge on any atom is -0.497 e. The summed E-state index contributed by atoms with van der Waals surface area (Å²) in [6.45, 7) is 2.15. The molecule has 2 nitrogen and oxygen atoms in total. The van der Waals surface area contributed by atoms with Crippen molar-refractivity contribution in [2.45, 2.75) is 25.9 Å². The molecular formula is C11H14O2. The van der Waals surface area contributed by atoms with E-state index in [1.54, 1.807) is 7.11 Å². The number of fused-ring (bicyclic) bond motifs is 1. The Bertz CT molecular complexity index is 307. The molecule has 0 saturated heterocycles. The first kappa shape index (κ1) is 8.42. The molecule has 1 aromatic carbocycles. The standard InChI is InChI=1S/C11H14O2/c1-3-9-6-8-7-10(12-2)4-5-11(8)13-9/h4-5,7,9H,3,6H2,1-2H3. The summed E-state index contributed by atoms with van der Waals surface area (Å²) >= 11 is 0. The molecule has 0 fully saturated rings. The largest absolute Gasteiger partial charge is 0.497 e. The first-order valence-corrected chi connectivity index (χ1v) is 4.67. The molecule has 1 atom stereocenters. The maximum Gasteiger partial charge on any atom is 0.123 e. The number of rotatable bonds is 2. The second-order valence-electron chi connectivity index (χ2n) is 3.33. The van der Waals surface area contributed by atoms with Crippen LogP contribution in [0, 0.1) is 0 Å². The van der Waals surface area contributed by atoms with E-state index < -0.39 is 0 Å². The molecule has 70 valence electrons. The van der Waals surface area contributed by atoms with Gasteiger partial charge in [0.15, 0.2) is 0 Å². The van der Waals surface area contributed by atoms with Crippen molar-refractivity contribution in [2.24, 2.45) is 0 Å². The van der Waals surface area contributed by atoms with Gasteiger partial charge in [-0.25, -0.2) is 0 Å². The Labute approximate surface area is 78.5 Å². The van der Waals surface area contributed by atoms with Crippen LogP contribution < -0.4 is 9.47 Å². The number of ether oxygens (including phenoxy) is 2. The topological polar surface area (TPSA) is 18.5 Å². The van der Waals surface area contributed by atoms with Crippen LogP contribution in [0.15, 0.2) is 18.2 Å². The Hall–Kier alpha value is -1.18. The molecule has 1 aliphatic rings. The molecule has 2 heteroatoms. The van der Waals surface area contributed by atoms with Gasteiger partial charge >= 0.3 is 0 Å². The predicted octanol–water partition coefficient (Wildman–Crippen LogP) is 2.41. The lowest BCUT2D eigenvalue weighted by atomic mass is 10.1. The fourth-order valence-electron chi connectivity index (χ4n) is 1.65. The Balaban J connectivity index is 2.25. The smallest absolute Gasteiger partial charge is 0.123 e. The molecular weight excluding hydrogens is 164 g/mol. The van der Waals surface area contributed by atoms with Crippen molar-refractivity contribution in [3.05, 3.63) is 23.8 Å². The molecule has 2 rings (SSSR count). The van der Waals surface area contributed by atoms with E-state index in [-0.39, 0.29) is 0 Å². The van der Waals surface area contributed by atoms with E-state index in [1.807, 2.05) is 12.1 Å². The fraction of sp³-hybridized carbons (Fsp3) is 0.455. The first-order valence-electron chi connectivity index (χ1n) is 4.67. The number of benzene rings is 1. The molecule has 0 amide bonds. The number of hydrogen-bond acceptors (Lipinski definition) is 2. The van der Waals surface area contributed by atoms with E-state index >= 15 is 0 Å². The summed E-state index contributed by atoms with van der Waals surface area (Å²) in [4.78, 5) is 0. The van der Waals surface area contributed by atoms with Gasteiger partial charge in [0.25, 0.3) is 0 Å². The van der Waals surface area contributed by atoms with Gasteiger partial charge in [-0.15, -0.1) is 0 Å². The molecule has 0 aromatic heterocycles. The zero-order valence-corrected chi connectivity index (χ0v) is 8.04. The SMILES string of the molecule is CCC1Cc2cc(OC)ccc2O1. The zero-order valence-electron chi connectivity index (χ0n) is 8.04. The van der Waals surface area contributed by atoms with E-state index in [2.05, 4.69) is 13.0 Å². The third-order valence-electron chi connectivity index (χ3n) is 2.46. The van der Waals surface area contributed by atoms with Gasteiger partial charge < -0.3 is 9.47 Å². The van der Waals surface area contributed by atoms with E-state index in [9.17, 15) is 0 Å². The molecule has 1 heterocycles. The third kappa shape index (κ3) is 1.48. The Morgan fingerprint density at radius 2 is 2.38 bits per heavy atom. The lowest BCUT2D eigenvalue weighted by molar-refractivity contribution is 0.228. The summed E-state index contributed by atoms with van der Waals surface area (Å²) in [5.74, 6) is 1.94. The van der Waals surface area contributed by atoms with E-state index in [0.717, 1.165) is 24.3 Å². The van der Waals surface area contributed by atoms with Crippen molar-refractivity contribution in [3.8, 4) is 11.5 Å². The highest BCUT2D eigenvalue weighted by Crippen LogP contribution is 2.32. The van der Waals surface area contributed by atoms with Crippen molar-refractivity contribution in [1.82, 2.24) is 0 Å². The highest BCUT2D eigenvalue weighted by Gasteiger charge is 2.21. The van der Waals surface area contributed by atoms with Gasteiger partial charge in [-0.1, -0.05) is 6.92 Å². The van der Waals surface area contributed by atoms with Crippen molar-refractivity contribution in [2.75, 3.05) is 7.11 Å². The van der Waals surface area contributed by atoms with Crippen LogP contribution in [0.1, 0.15) is 18.9 Å². The lowest BCUT2D eigenvalue weighted by Crippen LogP contribution is -2.10. The van der Waals surface area contributed by atoms with E-state index in [4.69, 9.17) is 9.47 Å². The minimum absolute atomic E-state index is 0.363. The Morgan fingerprint density at radius 3 is 3.08 bits per heavy atom. The average molecular weight is 178 g/mol. The molecule has 0 N–H and O–H groups in total. The minimum atomic E-state index is 0.363. The van der Waals surface area contributed by atoms with Gasteiger partial charge in [-0.2, -0.15) is 0 Å². The van der Waals surface area contributed by atoms with Crippen LogP contribution in [0.25, 0.3) is 0 Å². The molecule has 1 aromatic rings. The Kier molecular flexibility index (Phi) is 2.13. The second kappa shape index (κ2) is 3.29. The molecule has 0 radical (unpaired) electrons. The molecule has 1 aliphatic heterocycles. The molecule has 0 saturated carbocycles. The Morgan fingerprint density at radius 1 is 1.54 bits per heavy atom. The van der Waals surface area contributed by atoms with E-state index in [0.29, 0.717) is 6.10 Å². The summed E-state index contributed by atoms with van der Waals surface area (Å²) in [5.41, 5.74) is 1.27. The van der Waals surface area contributed by atoms with Crippen LogP contribution in [0.2, 0.25) is 0 Å². The van der Waals surface area contributed by atoms with E-state index in [1.165, 1.54) is 5.56 Å². The maximum atomic E-state index is 5.70. The number of methoxy groups -OCH3 is 1.